The Morgan fingerprint density at radius 2 is 1.79 bits per heavy atom. The SMILES string of the molecule is CC(=O)N(C)C1CCN(C(=O)CSC(C)(C)C)CC1. The molecule has 0 saturated carbocycles. The molecule has 0 unspecified atom stereocenters. The summed E-state index contributed by atoms with van der Waals surface area (Å²) in [5.74, 6) is 0.883. The maximum atomic E-state index is 12.1. The molecular formula is C14H26N2O2S. The summed E-state index contributed by atoms with van der Waals surface area (Å²) in [6.45, 7) is 9.51. The van der Waals surface area contributed by atoms with Crippen LogP contribution in [-0.2, 0) is 9.59 Å². The Morgan fingerprint density at radius 1 is 1.26 bits per heavy atom. The fourth-order valence-electron chi connectivity index (χ4n) is 2.13. The van der Waals surface area contributed by atoms with Crippen LogP contribution in [0.25, 0.3) is 0 Å². The second kappa shape index (κ2) is 6.64. The smallest absolute Gasteiger partial charge is 0.232 e. The van der Waals surface area contributed by atoms with E-state index in [9.17, 15) is 9.59 Å². The van der Waals surface area contributed by atoms with E-state index >= 15 is 0 Å². The molecule has 110 valence electrons. The third kappa shape index (κ3) is 5.43. The number of nitrogens with zero attached hydrogens (tertiary/aromatic N) is 2. The number of piperidine rings is 1. The first kappa shape index (κ1) is 16.3. The van der Waals surface area contributed by atoms with Crippen LogP contribution in [0, 0.1) is 0 Å². The van der Waals surface area contributed by atoms with Crippen molar-refractivity contribution in [1.29, 1.82) is 0 Å². The van der Waals surface area contributed by atoms with Crippen molar-refractivity contribution in [2.24, 2.45) is 0 Å². The van der Waals surface area contributed by atoms with E-state index in [-0.39, 0.29) is 22.6 Å². The molecule has 1 aliphatic heterocycles. The molecule has 1 fully saturated rings. The fourth-order valence-corrected chi connectivity index (χ4v) is 2.87. The average Bonchev–Trinajstić information content (AvgIpc) is 2.34. The molecule has 0 aromatic carbocycles. The van der Waals surface area contributed by atoms with E-state index in [4.69, 9.17) is 0 Å². The second-order valence-corrected chi connectivity index (χ2v) is 7.95. The summed E-state index contributed by atoms with van der Waals surface area (Å²) in [5, 5.41) is 0. The number of hydrogen-bond acceptors (Lipinski definition) is 3. The Kier molecular flexibility index (Phi) is 5.71. The van der Waals surface area contributed by atoms with Gasteiger partial charge in [0, 0.05) is 37.8 Å². The lowest BCUT2D eigenvalue weighted by atomic mass is 10.0. The lowest BCUT2D eigenvalue weighted by molar-refractivity contribution is -0.132. The molecule has 4 nitrogen and oxygen atoms in total. The van der Waals surface area contributed by atoms with Crippen LogP contribution in [0.4, 0.5) is 0 Å². The predicted octanol–water partition coefficient (Wildman–Crippen LogP) is 1.99. The third-order valence-corrected chi connectivity index (χ3v) is 4.75. The standard InChI is InChI=1S/C14H26N2O2S/c1-11(17)15(5)12-6-8-16(9-7-12)13(18)10-19-14(2,3)4/h12H,6-10H2,1-5H3. The summed E-state index contributed by atoms with van der Waals surface area (Å²) in [6.07, 6.45) is 1.78. The Balaban J connectivity index is 2.37. The van der Waals surface area contributed by atoms with E-state index in [0.29, 0.717) is 5.75 Å². The summed E-state index contributed by atoms with van der Waals surface area (Å²) in [4.78, 5) is 27.1. The van der Waals surface area contributed by atoms with Crippen LogP contribution >= 0.6 is 11.8 Å². The summed E-state index contributed by atoms with van der Waals surface area (Å²) < 4.78 is 0.128. The summed E-state index contributed by atoms with van der Waals surface area (Å²) in [7, 11) is 1.85. The number of hydrogen-bond donors (Lipinski definition) is 0. The maximum Gasteiger partial charge on any atom is 0.232 e. The molecule has 2 amide bonds. The van der Waals surface area contributed by atoms with Crippen LogP contribution in [-0.4, -0.2) is 58.3 Å². The number of amides is 2. The molecule has 0 bridgehead atoms. The van der Waals surface area contributed by atoms with E-state index in [2.05, 4.69) is 20.8 Å². The molecular weight excluding hydrogens is 260 g/mol. The second-order valence-electron chi connectivity index (χ2n) is 6.14. The lowest BCUT2D eigenvalue weighted by Crippen LogP contribution is -2.47. The predicted molar refractivity (Wildman–Crippen MR) is 80.3 cm³/mol. The molecule has 0 spiro atoms. The number of likely N-dealkylation sites (tertiary alicyclic amines) is 1. The van der Waals surface area contributed by atoms with Crippen LogP contribution < -0.4 is 0 Å². The molecule has 1 aliphatic rings. The minimum atomic E-state index is 0.105. The Labute approximate surface area is 120 Å². The van der Waals surface area contributed by atoms with E-state index < -0.39 is 0 Å². The van der Waals surface area contributed by atoms with Gasteiger partial charge in [-0.15, -0.1) is 11.8 Å². The summed E-state index contributed by atoms with van der Waals surface area (Å²) >= 11 is 1.69. The monoisotopic (exact) mass is 286 g/mol. The number of thioether (sulfide) groups is 1. The van der Waals surface area contributed by atoms with Crippen molar-refractivity contribution in [2.75, 3.05) is 25.9 Å². The Hall–Kier alpha value is -0.710. The Bertz CT molecular complexity index is 331. The van der Waals surface area contributed by atoms with E-state index in [1.165, 1.54) is 0 Å². The molecule has 0 atom stereocenters. The highest BCUT2D eigenvalue weighted by molar-refractivity contribution is 8.01. The zero-order valence-corrected chi connectivity index (χ0v) is 13.5. The fraction of sp³-hybridized carbons (Fsp3) is 0.857. The van der Waals surface area contributed by atoms with Gasteiger partial charge in [0.2, 0.25) is 11.8 Å². The van der Waals surface area contributed by atoms with Crippen molar-refractivity contribution < 1.29 is 9.59 Å². The van der Waals surface area contributed by atoms with Crippen molar-refractivity contribution >= 4 is 23.6 Å². The zero-order chi connectivity index (χ0) is 14.6. The highest BCUT2D eigenvalue weighted by atomic mass is 32.2. The van der Waals surface area contributed by atoms with Gasteiger partial charge in [0.05, 0.1) is 5.75 Å². The van der Waals surface area contributed by atoms with Crippen molar-refractivity contribution in [2.45, 2.75) is 51.3 Å². The van der Waals surface area contributed by atoms with Gasteiger partial charge >= 0.3 is 0 Å². The van der Waals surface area contributed by atoms with Gasteiger partial charge in [0.25, 0.3) is 0 Å². The first-order chi connectivity index (χ1) is 8.70. The number of carbonyl (C=O) groups excluding carboxylic acids is 2. The maximum absolute atomic E-state index is 12.1. The van der Waals surface area contributed by atoms with Gasteiger partial charge in [-0.2, -0.15) is 0 Å². The highest BCUT2D eigenvalue weighted by Gasteiger charge is 2.26. The van der Waals surface area contributed by atoms with Crippen LogP contribution in [0.15, 0.2) is 0 Å². The normalized spacial score (nSPS) is 17.4. The van der Waals surface area contributed by atoms with Gasteiger partial charge in [-0.05, 0) is 12.8 Å². The minimum absolute atomic E-state index is 0.105. The van der Waals surface area contributed by atoms with Crippen LogP contribution in [0.2, 0.25) is 0 Å². The Morgan fingerprint density at radius 3 is 2.21 bits per heavy atom. The van der Waals surface area contributed by atoms with Crippen LogP contribution in [0.3, 0.4) is 0 Å². The molecule has 0 aliphatic carbocycles. The first-order valence-electron chi connectivity index (χ1n) is 6.86. The average molecular weight is 286 g/mol. The van der Waals surface area contributed by atoms with Gasteiger partial charge in [0.1, 0.15) is 0 Å². The van der Waals surface area contributed by atoms with Crippen LogP contribution in [0.1, 0.15) is 40.5 Å². The first-order valence-corrected chi connectivity index (χ1v) is 7.84. The van der Waals surface area contributed by atoms with E-state index in [1.807, 2.05) is 11.9 Å². The zero-order valence-electron chi connectivity index (χ0n) is 12.7. The third-order valence-electron chi connectivity index (χ3n) is 3.49. The lowest BCUT2D eigenvalue weighted by Gasteiger charge is -2.36. The molecule has 0 radical (unpaired) electrons. The minimum Gasteiger partial charge on any atom is -0.343 e. The number of rotatable bonds is 3. The van der Waals surface area contributed by atoms with E-state index in [0.717, 1.165) is 25.9 Å². The van der Waals surface area contributed by atoms with Crippen molar-refractivity contribution in [3.8, 4) is 0 Å². The molecule has 1 rings (SSSR count). The molecule has 0 N–H and O–H groups in total. The van der Waals surface area contributed by atoms with Gasteiger partial charge in [-0.1, -0.05) is 20.8 Å². The molecule has 0 aromatic rings. The van der Waals surface area contributed by atoms with Crippen LogP contribution in [0.5, 0.6) is 0 Å². The molecule has 19 heavy (non-hydrogen) atoms. The quantitative estimate of drug-likeness (QED) is 0.796. The molecule has 5 heteroatoms. The van der Waals surface area contributed by atoms with Crippen molar-refractivity contribution in [1.82, 2.24) is 9.80 Å². The van der Waals surface area contributed by atoms with Gasteiger partial charge in [-0.25, -0.2) is 0 Å². The van der Waals surface area contributed by atoms with Gasteiger partial charge in [-0.3, -0.25) is 9.59 Å². The van der Waals surface area contributed by atoms with Gasteiger partial charge < -0.3 is 9.80 Å². The van der Waals surface area contributed by atoms with Gasteiger partial charge in [0.15, 0.2) is 0 Å². The molecule has 0 aromatic heterocycles. The summed E-state index contributed by atoms with van der Waals surface area (Å²) in [6, 6.07) is 0.289. The van der Waals surface area contributed by atoms with Crippen molar-refractivity contribution in [3.63, 3.8) is 0 Å². The summed E-state index contributed by atoms with van der Waals surface area (Å²) in [5.41, 5.74) is 0. The topological polar surface area (TPSA) is 40.6 Å². The molecule has 1 saturated heterocycles. The number of carbonyl (C=O) groups is 2. The molecule has 1 heterocycles. The highest BCUT2D eigenvalue weighted by Crippen LogP contribution is 2.24. The van der Waals surface area contributed by atoms with Crippen molar-refractivity contribution in [3.05, 3.63) is 0 Å². The largest absolute Gasteiger partial charge is 0.343 e. The van der Waals surface area contributed by atoms with E-state index in [1.54, 1.807) is 23.6 Å².